The molecule has 0 atom stereocenters. The van der Waals surface area contributed by atoms with Crippen molar-refractivity contribution >= 4 is 29.7 Å². The molecule has 172 valence electrons. The summed E-state index contributed by atoms with van der Waals surface area (Å²) >= 11 is 0. The number of likely N-dealkylation sites (N-methyl/N-ethyl adjacent to an activating group) is 1. The van der Waals surface area contributed by atoms with E-state index < -0.39 is 0 Å². The van der Waals surface area contributed by atoms with Gasteiger partial charge >= 0.3 is 0 Å². The van der Waals surface area contributed by atoms with Crippen LogP contribution < -0.4 is 9.64 Å². The molecule has 3 aromatic rings. The molecule has 10 heteroatoms. The fraction of sp³-hybridized carbons (Fsp3) is 0.318. The first kappa shape index (κ1) is 24.5. The number of H-pyrrole nitrogens is 1. The topological polar surface area (TPSA) is 139 Å². The zero-order valence-electron chi connectivity index (χ0n) is 18.3. The first-order valence-electron chi connectivity index (χ1n) is 9.85. The number of aryl methyl sites for hydroxylation is 1. The highest BCUT2D eigenvalue weighted by atomic mass is 16.5. The number of aromatic amines is 1. The van der Waals surface area contributed by atoms with Gasteiger partial charge in [-0.05, 0) is 49.9 Å². The van der Waals surface area contributed by atoms with Crippen LogP contribution in [0.4, 0.5) is 5.69 Å². The number of piperazine rings is 1. The Morgan fingerprint density at radius 1 is 1.06 bits per heavy atom. The molecule has 1 fully saturated rings. The van der Waals surface area contributed by atoms with Gasteiger partial charge in [0.25, 0.3) is 12.9 Å². The first-order chi connectivity index (χ1) is 15.4. The fourth-order valence-corrected chi connectivity index (χ4v) is 3.48. The number of ether oxygens (including phenoxy) is 1. The van der Waals surface area contributed by atoms with Crippen molar-refractivity contribution in [2.24, 2.45) is 0 Å². The molecule has 0 spiro atoms. The molecule has 1 aliphatic rings. The highest BCUT2D eigenvalue weighted by molar-refractivity contribution is 5.86. The average molecular weight is 444 g/mol. The van der Waals surface area contributed by atoms with Crippen LogP contribution in [-0.4, -0.2) is 83.5 Å². The summed E-state index contributed by atoms with van der Waals surface area (Å²) in [5.41, 5.74) is 5.29. The third-order valence-electron chi connectivity index (χ3n) is 5.08. The summed E-state index contributed by atoms with van der Waals surface area (Å²) in [6.45, 7) is 5.84. The summed E-state index contributed by atoms with van der Waals surface area (Å²) in [5.74, 6) is 1.34. The molecule has 1 aliphatic heterocycles. The number of aromatic nitrogens is 2. The first-order valence-corrected chi connectivity index (χ1v) is 9.85. The number of benzene rings is 2. The second-order valence-corrected chi connectivity index (χ2v) is 7.13. The summed E-state index contributed by atoms with van der Waals surface area (Å²) in [7, 11) is 3.71. The van der Waals surface area contributed by atoms with E-state index in [2.05, 4.69) is 40.9 Å². The van der Waals surface area contributed by atoms with Gasteiger partial charge < -0.3 is 34.8 Å². The van der Waals surface area contributed by atoms with Crippen molar-refractivity contribution in [2.45, 2.75) is 6.92 Å². The minimum absolute atomic E-state index is 0.126. The van der Waals surface area contributed by atoms with Gasteiger partial charge in [0.15, 0.2) is 11.5 Å². The largest absolute Gasteiger partial charge is 0.504 e. The number of phenols is 1. The highest BCUT2D eigenvalue weighted by Crippen LogP contribution is 2.32. The lowest BCUT2D eigenvalue weighted by molar-refractivity contribution is -0.123. The van der Waals surface area contributed by atoms with Crippen molar-refractivity contribution in [3.8, 4) is 22.9 Å². The van der Waals surface area contributed by atoms with Crippen LogP contribution in [0.25, 0.3) is 22.4 Å². The van der Waals surface area contributed by atoms with E-state index in [1.54, 1.807) is 19.2 Å². The van der Waals surface area contributed by atoms with E-state index in [1.807, 2.05) is 6.07 Å². The Kier molecular flexibility index (Phi) is 8.84. The molecule has 32 heavy (non-hydrogen) atoms. The maximum absolute atomic E-state index is 9.80. The van der Waals surface area contributed by atoms with E-state index in [0.717, 1.165) is 54.2 Å². The minimum atomic E-state index is -0.250. The van der Waals surface area contributed by atoms with Crippen molar-refractivity contribution in [1.82, 2.24) is 14.9 Å². The third kappa shape index (κ3) is 5.88. The lowest BCUT2D eigenvalue weighted by Gasteiger charge is -2.34. The molecule has 4 N–H and O–H groups in total. The zero-order chi connectivity index (χ0) is 23.7. The number of rotatable bonds is 3. The number of imidazole rings is 1. The molecule has 0 bridgehead atoms. The Morgan fingerprint density at radius 3 is 2.28 bits per heavy atom. The van der Waals surface area contributed by atoms with Crippen LogP contribution in [0.5, 0.6) is 11.5 Å². The van der Waals surface area contributed by atoms with E-state index in [9.17, 15) is 5.11 Å². The van der Waals surface area contributed by atoms with Crippen LogP contribution in [0.2, 0.25) is 0 Å². The predicted octanol–water partition coefficient (Wildman–Crippen LogP) is 2.41. The molecule has 0 saturated carbocycles. The Hall–Kier alpha value is -3.79. The third-order valence-corrected chi connectivity index (χ3v) is 5.08. The normalized spacial score (nSPS) is 13.4. The molecule has 1 aromatic heterocycles. The van der Waals surface area contributed by atoms with Crippen LogP contribution in [0.1, 0.15) is 5.56 Å². The quantitative estimate of drug-likeness (QED) is 0.448. The number of aromatic hydroxyl groups is 1. The lowest BCUT2D eigenvalue weighted by atomic mass is 10.1. The summed E-state index contributed by atoms with van der Waals surface area (Å²) in [5, 5.41) is 23.6. The Labute approximate surface area is 185 Å². The number of hydrogen-bond donors (Lipinski definition) is 4. The van der Waals surface area contributed by atoms with E-state index in [-0.39, 0.29) is 18.7 Å². The molecule has 0 radical (unpaired) electrons. The Balaban J connectivity index is 0.000000547. The summed E-state index contributed by atoms with van der Waals surface area (Å²) in [6, 6.07) is 9.66. The number of anilines is 1. The molecule has 0 amide bonds. The van der Waals surface area contributed by atoms with Crippen molar-refractivity contribution in [3.63, 3.8) is 0 Å². The number of carbonyl (C=O) groups is 2. The van der Waals surface area contributed by atoms with Gasteiger partial charge in [-0.15, -0.1) is 0 Å². The zero-order valence-corrected chi connectivity index (χ0v) is 18.3. The van der Waals surface area contributed by atoms with Gasteiger partial charge in [0.05, 0.1) is 18.1 Å². The SMILES string of the molecule is COc1cc(-c2nc3c(C)cc(N4CCN(C)CC4)cc3[nH]2)ccc1O.O=CO.O=CO. The van der Waals surface area contributed by atoms with Gasteiger partial charge in [-0.2, -0.15) is 0 Å². The highest BCUT2D eigenvalue weighted by Gasteiger charge is 2.17. The average Bonchev–Trinajstić information content (AvgIpc) is 3.21. The smallest absolute Gasteiger partial charge is 0.290 e. The van der Waals surface area contributed by atoms with Crippen LogP contribution in [0.15, 0.2) is 30.3 Å². The van der Waals surface area contributed by atoms with Gasteiger partial charge in [0, 0.05) is 37.4 Å². The summed E-state index contributed by atoms with van der Waals surface area (Å²) < 4.78 is 5.21. The summed E-state index contributed by atoms with van der Waals surface area (Å²) in [4.78, 5) is 29.7. The van der Waals surface area contributed by atoms with E-state index >= 15 is 0 Å². The lowest BCUT2D eigenvalue weighted by Crippen LogP contribution is -2.44. The molecule has 2 aromatic carbocycles. The fourth-order valence-electron chi connectivity index (χ4n) is 3.48. The van der Waals surface area contributed by atoms with Gasteiger partial charge in [-0.25, -0.2) is 4.98 Å². The number of nitrogens with one attached hydrogen (secondary N) is 1. The van der Waals surface area contributed by atoms with Crippen LogP contribution >= 0.6 is 0 Å². The van der Waals surface area contributed by atoms with Crippen molar-refractivity contribution in [2.75, 3.05) is 45.2 Å². The number of methoxy groups -OCH3 is 1. The molecule has 0 aliphatic carbocycles. The van der Waals surface area contributed by atoms with Crippen LogP contribution in [-0.2, 0) is 9.59 Å². The molecule has 1 saturated heterocycles. The number of phenolic OH excluding ortho intramolecular Hbond substituents is 1. The molecular weight excluding hydrogens is 416 g/mol. The second-order valence-electron chi connectivity index (χ2n) is 7.13. The van der Waals surface area contributed by atoms with Crippen molar-refractivity contribution in [3.05, 3.63) is 35.9 Å². The molecule has 2 heterocycles. The number of fused-ring (bicyclic) bond motifs is 1. The van der Waals surface area contributed by atoms with Gasteiger partial charge in [0.2, 0.25) is 0 Å². The maximum atomic E-state index is 9.80. The van der Waals surface area contributed by atoms with Gasteiger partial charge in [0.1, 0.15) is 5.82 Å². The van der Waals surface area contributed by atoms with E-state index in [1.165, 1.54) is 5.69 Å². The number of carboxylic acid groups (broad SMARTS) is 2. The molecule has 10 nitrogen and oxygen atoms in total. The summed E-state index contributed by atoms with van der Waals surface area (Å²) in [6.07, 6.45) is 0. The minimum Gasteiger partial charge on any atom is -0.504 e. The molecular formula is C22H28N4O6. The van der Waals surface area contributed by atoms with Gasteiger partial charge in [-0.3, -0.25) is 9.59 Å². The van der Waals surface area contributed by atoms with Crippen molar-refractivity contribution < 1.29 is 29.6 Å². The van der Waals surface area contributed by atoms with Crippen molar-refractivity contribution in [1.29, 1.82) is 0 Å². The Morgan fingerprint density at radius 2 is 1.69 bits per heavy atom. The maximum Gasteiger partial charge on any atom is 0.290 e. The number of nitrogens with zero attached hydrogens (tertiary/aromatic N) is 3. The molecule has 0 unspecified atom stereocenters. The van der Waals surface area contributed by atoms with Gasteiger partial charge in [-0.1, -0.05) is 0 Å². The van der Waals surface area contributed by atoms with Crippen LogP contribution in [0.3, 0.4) is 0 Å². The predicted molar refractivity (Wildman–Crippen MR) is 122 cm³/mol. The second kappa shape index (κ2) is 11.6. The number of hydrogen-bond acceptors (Lipinski definition) is 7. The standard InChI is InChI=1S/C20H24N4O2.2CH2O2/c1-13-10-15(24-8-6-23(2)7-9-24)12-16-19(13)22-20(21-16)14-4-5-17(25)18(11-14)26-3;2*2-1-3/h4-5,10-12,25H,6-9H2,1-3H3,(H,21,22);2*1H,(H,2,3). The monoisotopic (exact) mass is 444 g/mol. The van der Waals surface area contributed by atoms with Crippen LogP contribution in [0, 0.1) is 6.92 Å². The van der Waals surface area contributed by atoms with E-state index in [0.29, 0.717) is 5.75 Å². The van der Waals surface area contributed by atoms with E-state index in [4.69, 9.17) is 29.5 Å². The Bertz CT molecular complexity index is 1040. The molecule has 4 rings (SSSR count).